The van der Waals surface area contributed by atoms with Crippen LogP contribution in [-0.4, -0.2) is 43.9 Å². The van der Waals surface area contributed by atoms with E-state index < -0.39 is 6.10 Å². The molecule has 0 saturated heterocycles. The number of hydrogen-bond acceptors (Lipinski definition) is 6. The van der Waals surface area contributed by atoms with E-state index in [4.69, 9.17) is 22.1 Å². The fourth-order valence-electron chi connectivity index (χ4n) is 4.31. The van der Waals surface area contributed by atoms with Gasteiger partial charge in [0.2, 0.25) is 5.95 Å². The summed E-state index contributed by atoms with van der Waals surface area (Å²) in [5.41, 5.74) is 6.66. The fourth-order valence-corrected chi connectivity index (χ4v) is 4.53. The van der Waals surface area contributed by atoms with Crippen LogP contribution in [0.5, 0.6) is 0 Å². The second-order valence-corrected chi connectivity index (χ2v) is 9.83. The Bertz CT molecular complexity index is 786. The molecule has 7 nitrogen and oxygen atoms in total. The number of fused-ring (bicyclic) bond motifs is 1. The van der Waals surface area contributed by atoms with Crippen molar-refractivity contribution in [2.24, 2.45) is 0 Å². The average molecular weight is 496 g/mol. The Hall–Kier alpha value is -1.44. The van der Waals surface area contributed by atoms with Crippen molar-refractivity contribution >= 4 is 28.7 Å². The Kier molecular flexibility index (Phi) is 15.2. The minimum atomic E-state index is -0.645. The summed E-state index contributed by atoms with van der Waals surface area (Å²) in [6.07, 6.45) is 22.6. The quantitative estimate of drug-likeness (QED) is 0.147. The van der Waals surface area contributed by atoms with Gasteiger partial charge < -0.3 is 20.1 Å². The summed E-state index contributed by atoms with van der Waals surface area (Å²) in [4.78, 5) is 12.3. The van der Waals surface area contributed by atoms with E-state index in [0.29, 0.717) is 24.3 Å². The van der Waals surface area contributed by atoms with Crippen molar-refractivity contribution in [3.05, 3.63) is 11.5 Å². The van der Waals surface area contributed by atoms with Crippen molar-refractivity contribution in [3.63, 3.8) is 0 Å². The molecule has 1 atom stereocenters. The SMILES string of the molecule is CCCCCCCCCCCCCCCCCCOCC(O)Cn1cnc2c(Cl)nc(N)nc21. The Morgan fingerprint density at radius 3 is 1.97 bits per heavy atom. The molecule has 0 amide bonds. The Labute approximate surface area is 210 Å². The first-order valence-electron chi connectivity index (χ1n) is 13.5. The minimum absolute atomic E-state index is 0.0912. The summed E-state index contributed by atoms with van der Waals surface area (Å²) in [5.74, 6) is 0.0912. The van der Waals surface area contributed by atoms with Gasteiger partial charge in [0.15, 0.2) is 10.8 Å². The van der Waals surface area contributed by atoms with E-state index in [1.807, 2.05) is 0 Å². The normalized spacial score (nSPS) is 12.6. The average Bonchev–Trinajstić information content (AvgIpc) is 3.21. The van der Waals surface area contributed by atoms with Crippen LogP contribution in [-0.2, 0) is 11.3 Å². The molecule has 0 fully saturated rings. The second-order valence-electron chi connectivity index (χ2n) is 9.47. The molecular weight excluding hydrogens is 450 g/mol. The van der Waals surface area contributed by atoms with E-state index in [-0.39, 0.29) is 17.7 Å². The zero-order chi connectivity index (χ0) is 24.4. The Balaban J connectivity index is 1.37. The van der Waals surface area contributed by atoms with Crippen LogP contribution in [0, 0.1) is 0 Å². The summed E-state index contributed by atoms with van der Waals surface area (Å²) in [6, 6.07) is 0. The van der Waals surface area contributed by atoms with Crippen molar-refractivity contribution < 1.29 is 9.84 Å². The highest BCUT2D eigenvalue weighted by Crippen LogP contribution is 2.20. The molecule has 34 heavy (non-hydrogen) atoms. The van der Waals surface area contributed by atoms with Gasteiger partial charge in [-0.25, -0.2) is 4.98 Å². The summed E-state index contributed by atoms with van der Waals surface area (Å²) in [7, 11) is 0. The predicted octanol–water partition coefficient (Wildman–Crippen LogP) is 6.70. The molecule has 8 heteroatoms. The maximum Gasteiger partial charge on any atom is 0.223 e. The third kappa shape index (κ3) is 11.8. The standard InChI is InChI=1S/C26H46ClN5O2/c1-2-3-4-5-6-7-8-9-10-11-12-13-14-15-16-17-18-34-20-22(33)19-32-21-29-23-24(27)30-26(28)31-25(23)32/h21-22,33H,2-20H2,1H3,(H2,28,30,31). The lowest BCUT2D eigenvalue weighted by atomic mass is 10.0. The number of aliphatic hydroxyl groups excluding tert-OH is 1. The molecule has 2 rings (SSSR count). The number of aromatic nitrogens is 4. The number of nitrogens with two attached hydrogens (primary N) is 1. The number of anilines is 1. The van der Waals surface area contributed by atoms with E-state index in [1.54, 1.807) is 10.9 Å². The van der Waals surface area contributed by atoms with Crippen LogP contribution in [0.4, 0.5) is 5.95 Å². The number of aliphatic hydroxyl groups is 1. The van der Waals surface area contributed by atoms with Crippen LogP contribution in [0.2, 0.25) is 5.15 Å². The molecule has 0 aliphatic heterocycles. The van der Waals surface area contributed by atoms with Gasteiger partial charge in [0.1, 0.15) is 5.52 Å². The summed E-state index contributed by atoms with van der Waals surface area (Å²) in [5, 5.41) is 10.5. The number of nitrogen functional groups attached to an aromatic ring is 1. The van der Waals surface area contributed by atoms with E-state index in [9.17, 15) is 5.11 Å². The topological polar surface area (TPSA) is 99.1 Å². The van der Waals surface area contributed by atoms with Crippen molar-refractivity contribution in [2.45, 2.75) is 122 Å². The van der Waals surface area contributed by atoms with E-state index in [1.165, 1.54) is 96.3 Å². The molecule has 0 spiro atoms. The number of imidazole rings is 1. The molecule has 0 aromatic carbocycles. The molecule has 0 aliphatic rings. The van der Waals surface area contributed by atoms with Crippen LogP contribution < -0.4 is 5.73 Å². The molecule has 3 N–H and O–H groups in total. The molecule has 2 aromatic rings. The van der Waals surface area contributed by atoms with Crippen molar-refractivity contribution in [3.8, 4) is 0 Å². The molecule has 0 radical (unpaired) electrons. The maximum absolute atomic E-state index is 10.3. The maximum atomic E-state index is 10.3. The molecule has 194 valence electrons. The first kappa shape index (κ1) is 28.8. The van der Waals surface area contributed by atoms with Gasteiger partial charge >= 0.3 is 0 Å². The first-order chi connectivity index (χ1) is 16.6. The third-order valence-electron chi connectivity index (χ3n) is 6.30. The van der Waals surface area contributed by atoms with E-state index >= 15 is 0 Å². The molecule has 2 aromatic heterocycles. The lowest BCUT2D eigenvalue weighted by Crippen LogP contribution is -2.22. The van der Waals surface area contributed by atoms with Gasteiger partial charge in [-0.15, -0.1) is 0 Å². The fraction of sp³-hybridized carbons (Fsp3) is 0.808. The van der Waals surface area contributed by atoms with Crippen LogP contribution >= 0.6 is 11.6 Å². The number of rotatable bonds is 21. The second kappa shape index (κ2) is 17.9. The van der Waals surface area contributed by atoms with Crippen LogP contribution in [0.15, 0.2) is 6.33 Å². The van der Waals surface area contributed by atoms with Gasteiger partial charge in [-0.2, -0.15) is 9.97 Å². The third-order valence-corrected chi connectivity index (χ3v) is 6.56. The molecule has 1 unspecified atom stereocenters. The predicted molar refractivity (Wildman–Crippen MR) is 141 cm³/mol. The van der Waals surface area contributed by atoms with Crippen molar-refractivity contribution in [2.75, 3.05) is 18.9 Å². The van der Waals surface area contributed by atoms with Gasteiger partial charge in [-0.1, -0.05) is 115 Å². The van der Waals surface area contributed by atoms with E-state index in [0.717, 1.165) is 6.42 Å². The van der Waals surface area contributed by atoms with Crippen molar-refractivity contribution in [1.82, 2.24) is 19.5 Å². The summed E-state index contributed by atoms with van der Waals surface area (Å²) < 4.78 is 7.38. The smallest absolute Gasteiger partial charge is 0.223 e. The molecule has 2 heterocycles. The van der Waals surface area contributed by atoms with Crippen LogP contribution in [0.3, 0.4) is 0 Å². The number of hydrogen-bond donors (Lipinski definition) is 2. The van der Waals surface area contributed by atoms with Crippen LogP contribution in [0.1, 0.15) is 110 Å². The monoisotopic (exact) mass is 495 g/mol. The zero-order valence-corrected chi connectivity index (χ0v) is 21.9. The lowest BCUT2D eigenvalue weighted by Gasteiger charge is -2.12. The van der Waals surface area contributed by atoms with Crippen molar-refractivity contribution in [1.29, 1.82) is 0 Å². The van der Waals surface area contributed by atoms with Gasteiger partial charge in [0.05, 0.1) is 25.6 Å². The first-order valence-corrected chi connectivity index (χ1v) is 13.9. The van der Waals surface area contributed by atoms with Gasteiger partial charge in [0.25, 0.3) is 0 Å². The number of halogens is 1. The van der Waals surface area contributed by atoms with Gasteiger partial charge in [0, 0.05) is 6.61 Å². The number of ether oxygens (including phenoxy) is 1. The zero-order valence-electron chi connectivity index (χ0n) is 21.2. The van der Waals surface area contributed by atoms with Crippen LogP contribution in [0.25, 0.3) is 11.2 Å². The summed E-state index contributed by atoms with van der Waals surface area (Å²) >= 11 is 6.04. The van der Waals surface area contributed by atoms with Gasteiger partial charge in [-0.05, 0) is 6.42 Å². The largest absolute Gasteiger partial charge is 0.389 e. The molecule has 0 saturated carbocycles. The summed E-state index contributed by atoms with van der Waals surface area (Å²) in [6.45, 7) is 3.57. The minimum Gasteiger partial charge on any atom is -0.389 e. The lowest BCUT2D eigenvalue weighted by molar-refractivity contribution is 0.0271. The molecule has 0 aliphatic carbocycles. The molecular formula is C26H46ClN5O2. The Morgan fingerprint density at radius 2 is 1.41 bits per heavy atom. The highest BCUT2D eigenvalue weighted by atomic mass is 35.5. The number of unbranched alkanes of at least 4 members (excludes halogenated alkanes) is 15. The van der Waals surface area contributed by atoms with Gasteiger partial charge in [-0.3, -0.25) is 0 Å². The molecule has 0 bridgehead atoms. The van der Waals surface area contributed by atoms with E-state index in [2.05, 4.69) is 21.9 Å². The number of nitrogens with zero attached hydrogens (tertiary/aromatic N) is 4. The highest BCUT2D eigenvalue weighted by molar-refractivity contribution is 6.33. The Morgan fingerprint density at radius 1 is 0.882 bits per heavy atom. The highest BCUT2D eigenvalue weighted by Gasteiger charge is 2.13.